The summed E-state index contributed by atoms with van der Waals surface area (Å²) in [6, 6.07) is 11.9. The van der Waals surface area contributed by atoms with Crippen molar-refractivity contribution in [1.82, 2.24) is 10.6 Å². The van der Waals surface area contributed by atoms with E-state index in [0.29, 0.717) is 37.5 Å². The number of benzene rings is 2. The second-order valence-corrected chi connectivity index (χ2v) is 6.04. The maximum Gasteiger partial charge on any atom is 0.255 e. The molecule has 2 rings (SSSR count). The van der Waals surface area contributed by atoms with Gasteiger partial charge in [0.15, 0.2) is 11.5 Å². The number of methoxy groups -OCH3 is 1. The van der Waals surface area contributed by atoms with Crippen molar-refractivity contribution in [2.75, 3.05) is 26.8 Å². The maximum absolute atomic E-state index is 12.0. The van der Waals surface area contributed by atoms with Crippen LogP contribution in [-0.4, -0.2) is 43.7 Å². The van der Waals surface area contributed by atoms with Gasteiger partial charge in [-0.2, -0.15) is 0 Å². The van der Waals surface area contributed by atoms with E-state index in [-0.39, 0.29) is 29.7 Å². The molecule has 7 nitrogen and oxygen atoms in total. The van der Waals surface area contributed by atoms with Crippen LogP contribution in [0.1, 0.15) is 29.3 Å². The molecule has 0 spiro atoms. The summed E-state index contributed by atoms with van der Waals surface area (Å²) in [6.07, 6.45) is 0.892. The molecule has 0 aliphatic heterocycles. The molecule has 0 fully saturated rings. The van der Waals surface area contributed by atoms with Crippen molar-refractivity contribution < 1.29 is 24.2 Å². The molecular weight excluding hydrogens is 360 g/mol. The predicted molar refractivity (Wildman–Crippen MR) is 106 cm³/mol. The van der Waals surface area contributed by atoms with Crippen molar-refractivity contribution in [3.8, 4) is 17.2 Å². The van der Waals surface area contributed by atoms with Crippen LogP contribution in [0.4, 0.5) is 0 Å². The van der Waals surface area contributed by atoms with E-state index in [1.807, 2.05) is 25.1 Å². The quantitative estimate of drug-likeness (QED) is 0.545. The molecule has 0 bridgehead atoms. The van der Waals surface area contributed by atoms with Gasteiger partial charge < -0.3 is 25.2 Å². The lowest BCUT2D eigenvalue weighted by Gasteiger charge is -2.11. The van der Waals surface area contributed by atoms with E-state index in [9.17, 15) is 14.7 Å². The fourth-order valence-electron chi connectivity index (χ4n) is 2.63. The number of phenols is 1. The zero-order valence-corrected chi connectivity index (χ0v) is 16.2. The number of rotatable bonds is 10. The van der Waals surface area contributed by atoms with E-state index >= 15 is 0 Å². The second-order valence-electron chi connectivity index (χ2n) is 6.04. The molecule has 0 saturated heterocycles. The highest BCUT2D eigenvalue weighted by atomic mass is 16.5. The molecule has 3 N–H and O–H groups in total. The van der Waals surface area contributed by atoms with Crippen LogP contribution in [0.25, 0.3) is 0 Å². The molecule has 2 amide bonds. The van der Waals surface area contributed by atoms with E-state index < -0.39 is 0 Å². The van der Waals surface area contributed by atoms with Crippen molar-refractivity contribution in [2.24, 2.45) is 0 Å². The number of ether oxygens (including phenoxy) is 2. The first-order valence-corrected chi connectivity index (χ1v) is 9.17. The van der Waals surface area contributed by atoms with E-state index in [0.717, 1.165) is 5.56 Å². The Bertz CT molecular complexity index is 807. The number of phenolic OH excluding ortho intramolecular Hbond substituents is 1. The fraction of sp³-hybridized carbons (Fsp3) is 0.333. The van der Waals surface area contributed by atoms with Gasteiger partial charge in [-0.05, 0) is 43.2 Å². The Labute approximate surface area is 164 Å². The third-order valence-electron chi connectivity index (χ3n) is 4.05. The summed E-state index contributed by atoms with van der Waals surface area (Å²) in [7, 11) is 1.58. The molecule has 0 aromatic heterocycles. The Kier molecular flexibility index (Phi) is 8.14. The molecule has 0 radical (unpaired) electrons. The van der Waals surface area contributed by atoms with E-state index in [4.69, 9.17) is 9.47 Å². The molecule has 2 aromatic rings. The Morgan fingerprint density at radius 2 is 1.79 bits per heavy atom. The van der Waals surface area contributed by atoms with Gasteiger partial charge in [0.1, 0.15) is 5.75 Å². The fourth-order valence-corrected chi connectivity index (χ4v) is 2.63. The number of aromatic hydroxyl groups is 1. The first-order chi connectivity index (χ1) is 13.5. The van der Waals surface area contributed by atoms with Crippen LogP contribution in [0.2, 0.25) is 0 Å². The molecule has 0 aliphatic rings. The lowest BCUT2D eigenvalue weighted by atomic mass is 10.1. The topological polar surface area (TPSA) is 96.9 Å². The average Bonchev–Trinajstić information content (AvgIpc) is 2.70. The van der Waals surface area contributed by atoms with Crippen molar-refractivity contribution in [3.05, 3.63) is 53.6 Å². The Balaban J connectivity index is 1.71. The Hall–Kier alpha value is -3.22. The molecule has 0 atom stereocenters. The number of hydrogen-bond donors (Lipinski definition) is 3. The smallest absolute Gasteiger partial charge is 0.255 e. The minimum atomic E-state index is -0.381. The maximum atomic E-state index is 12.0. The zero-order chi connectivity index (χ0) is 20.4. The minimum absolute atomic E-state index is 0.0742. The van der Waals surface area contributed by atoms with E-state index in [1.165, 1.54) is 12.1 Å². The van der Waals surface area contributed by atoms with Gasteiger partial charge in [-0.1, -0.05) is 18.2 Å². The first kappa shape index (κ1) is 21.1. The number of carbonyl (C=O) groups is 2. The summed E-state index contributed by atoms with van der Waals surface area (Å²) < 4.78 is 10.8. The lowest BCUT2D eigenvalue weighted by Crippen LogP contribution is -2.34. The zero-order valence-electron chi connectivity index (χ0n) is 16.2. The summed E-state index contributed by atoms with van der Waals surface area (Å²) in [5.74, 6) is 0.762. The van der Waals surface area contributed by atoms with Crippen molar-refractivity contribution in [3.63, 3.8) is 0 Å². The third kappa shape index (κ3) is 6.19. The van der Waals surface area contributed by atoms with Crippen LogP contribution >= 0.6 is 0 Å². The molecule has 0 heterocycles. The largest absolute Gasteiger partial charge is 0.507 e. The first-order valence-electron chi connectivity index (χ1n) is 9.17. The Morgan fingerprint density at radius 3 is 2.50 bits per heavy atom. The van der Waals surface area contributed by atoms with Crippen LogP contribution in [0.3, 0.4) is 0 Å². The highest BCUT2D eigenvalue weighted by Gasteiger charge is 2.10. The molecular formula is C21H26N2O5. The summed E-state index contributed by atoms with van der Waals surface area (Å²) in [5, 5.41) is 15.1. The monoisotopic (exact) mass is 386 g/mol. The molecule has 7 heteroatoms. The number of nitrogens with one attached hydrogen (secondary N) is 2. The van der Waals surface area contributed by atoms with Crippen LogP contribution < -0.4 is 20.1 Å². The summed E-state index contributed by atoms with van der Waals surface area (Å²) in [4.78, 5) is 23.9. The van der Waals surface area contributed by atoms with Crippen molar-refractivity contribution in [2.45, 2.75) is 19.8 Å². The van der Waals surface area contributed by atoms with Gasteiger partial charge in [0.05, 0.1) is 19.3 Å². The number of carbonyl (C=O) groups excluding carboxylic acids is 2. The summed E-state index contributed by atoms with van der Waals surface area (Å²) in [6.45, 7) is 3.04. The van der Waals surface area contributed by atoms with E-state index in [2.05, 4.69) is 10.6 Å². The standard InChI is InChI=1S/C21H26N2O5/c1-3-28-18-10-8-15(14-19(18)27-2)9-11-20(25)22-12-13-23-21(26)16-6-4-5-7-17(16)24/h4-8,10,14,24H,3,9,11-13H2,1-2H3,(H,22,25)(H,23,26). The predicted octanol–water partition coefficient (Wildman–Crippen LogP) is 2.28. The van der Waals surface area contributed by atoms with Crippen LogP contribution in [0.5, 0.6) is 17.2 Å². The van der Waals surface area contributed by atoms with Crippen molar-refractivity contribution >= 4 is 11.8 Å². The SMILES string of the molecule is CCOc1ccc(CCC(=O)NCCNC(=O)c2ccccc2O)cc1OC. The lowest BCUT2D eigenvalue weighted by molar-refractivity contribution is -0.121. The molecule has 150 valence electrons. The highest BCUT2D eigenvalue weighted by Crippen LogP contribution is 2.28. The molecule has 0 aliphatic carbocycles. The third-order valence-corrected chi connectivity index (χ3v) is 4.05. The van der Waals surface area contributed by atoms with Crippen LogP contribution in [0.15, 0.2) is 42.5 Å². The number of amides is 2. The van der Waals surface area contributed by atoms with Gasteiger partial charge in [0.25, 0.3) is 5.91 Å². The normalized spacial score (nSPS) is 10.2. The van der Waals surface area contributed by atoms with E-state index in [1.54, 1.807) is 19.2 Å². The second kappa shape index (κ2) is 10.8. The summed E-state index contributed by atoms with van der Waals surface area (Å²) in [5.41, 5.74) is 1.18. The van der Waals surface area contributed by atoms with Crippen LogP contribution in [-0.2, 0) is 11.2 Å². The summed E-state index contributed by atoms with van der Waals surface area (Å²) >= 11 is 0. The average molecular weight is 386 g/mol. The number of hydrogen-bond acceptors (Lipinski definition) is 5. The molecule has 28 heavy (non-hydrogen) atoms. The number of aryl methyl sites for hydroxylation is 1. The van der Waals surface area contributed by atoms with Gasteiger partial charge in [-0.25, -0.2) is 0 Å². The van der Waals surface area contributed by atoms with Gasteiger partial charge in [0.2, 0.25) is 5.91 Å². The highest BCUT2D eigenvalue weighted by molar-refractivity contribution is 5.96. The van der Waals surface area contributed by atoms with Crippen LogP contribution in [0, 0.1) is 0 Å². The molecule has 2 aromatic carbocycles. The number of para-hydroxylation sites is 1. The Morgan fingerprint density at radius 1 is 1.04 bits per heavy atom. The van der Waals surface area contributed by atoms with Gasteiger partial charge in [-0.3, -0.25) is 9.59 Å². The van der Waals surface area contributed by atoms with Gasteiger partial charge in [0, 0.05) is 19.5 Å². The van der Waals surface area contributed by atoms with Gasteiger partial charge >= 0.3 is 0 Å². The van der Waals surface area contributed by atoms with Crippen molar-refractivity contribution in [1.29, 1.82) is 0 Å². The minimum Gasteiger partial charge on any atom is -0.507 e. The van der Waals surface area contributed by atoms with Gasteiger partial charge in [-0.15, -0.1) is 0 Å². The molecule has 0 unspecified atom stereocenters. The molecule has 0 saturated carbocycles.